The maximum atomic E-state index is 6.02. The van der Waals surface area contributed by atoms with E-state index in [0.717, 1.165) is 37.3 Å². The van der Waals surface area contributed by atoms with Crippen LogP contribution in [0.4, 0.5) is 5.82 Å². The van der Waals surface area contributed by atoms with E-state index in [1.165, 1.54) is 5.56 Å². The average molecular weight is 313 g/mol. The first-order chi connectivity index (χ1) is 9.87. The van der Waals surface area contributed by atoms with E-state index in [1.54, 1.807) is 0 Å². The Hall–Kier alpha value is -0.910. The Kier molecular flexibility index (Phi) is 5.41. The topological polar surface area (TPSA) is 50.3 Å². The summed E-state index contributed by atoms with van der Waals surface area (Å²) in [7, 11) is 2.03. The van der Waals surface area contributed by atoms with Gasteiger partial charge in [-0.3, -0.25) is 5.32 Å². The summed E-state index contributed by atoms with van der Waals surface area (Å²) in [6.07, 6.45) is 3.18. The van der Waals surface area contributed by atoms with Crippen molar-refractivity contribution in [2.24, 2.45) is 0 Å². The lowest BCUT2D eigenvalue weighted by molar-refractivity contribution is 0.104. The Bertz CT molecular complexity index is 487. The molecule has 21 heavy (non-hydrogen) atoms. The fraction of sp³-hybridized carbons (Fsp3) is 0.733. The molecule has 0 aromatic carbocycles. The van der Waals surface area contributed by atoms with E-state index >= 15 is 0 Å². The number of hydrogen-bond donors (Lipinski definition) is 1. The fourth-order valence-electron chi connectivity index (χ4n) is 2.35. The highest BCUT2D eigenvalue weighted by atomic mass is 35.5. The second-order valence-corrected chi connectivity index (χ2v) is 6.83. The van der Waals surface area contributed by atoms with Gasteiger partial charge in [0.2, 0.25) is 5.28 Å². The summed E-state index contributed by atoms with van der Waals surface area (Å²) in [5.74, 6) is 0.954. The van der Waals surface area contributed by atoms with E-state index in [-0.39, 0.29) is 5.54 Å². The molecule has 1 aromatic rings. The number of hydrogen-bond acceptors (Lipinski definition) is 5. The molecule has 0 saturated carbocycles. The van der Waals surface area contributed by atoms with Crippen LogP contribution >= 0.6 is 11.6 Å². The molecule has 1 aliphatic rings. The minimum Gasteiger partial charge on any atom is -0.364 e. The van der Waals surface area contributed by atoms with Crippen molar-refractivity contribution in [2.45, 2.75) is 45.6 Å². The molecule has 1 aromatic heterocycles. The third-order valence-electron chi connectivity index (χ3n) is 3.52. The molecule has 0 radical (unpaired) electrons. The number of aromatic nitrogens is 2. The molecule has 0 amide bonds. The van der Waals surface area contributed by atoms with Gasteiger partial charge in [0.25, 0.3) is 0 Å². The van der Waals surface area contributed by atoms with Crippen LogP contribution in [-0.4, -0.2) is 42.4 Å². The molecular formula is C15H25ClN4O. The van der Waals surface area contributed by atoms with Crippen molar-refractivity contribution in [1.82, 2.24) is 15.3 Å². The smallest absolute Gasteiger partial charge is 0.224 e. The van der Waals surface area contributed by atoms with E-state index in [2.05, 4.69) is 41.0 Å². The first-order valence-electron chi connectivity index (χ1n) is 7.46. The van der Waals surface area contributed by atoms with E-state index in [1.807, 2.05) is 7.05 Å². The molecule has 6 heteroatoms. The lowest BCUT2D eigenvalue weighted by atomic mass is 10.1. The molecule has 118 valence electrons. The van der Waals surface area contributed by atoms with Gasteiger partial charge >= 0.3 is 0 Å². The largest absolute Gasteiger partial charge is 0.364 e. The van der Waals surface area contributed by atoms with Crippen molar-refractivity contribution in [3.05, 3.63) is 16.5 Å². The van der Waals surface area contributed by atoms with Crippen molar-refractivity contribution >= 4 is 17.4 Å². The number of halogens is 1. The van der Waals surface area contributed by atoms with Crippen LogP contribution < -0.4 is 10.2 Å². The fourth-order valence-corrected chi connectivity index (χ4v) is 2.53. The van der Waals surface area contributed by atoms with E-state index in [0.29, 0.717) is 18.6 Å². The lowest BCUT2D eigenvalue weighted by Gasteiger charge is -2.23. The average Bonchev–Trinajstić information content (AvgIpc) is 2.83. The number of anilines is 1. The van der Waals surface area contributed by atoms with Crippen LogP contribution in [0.15, 0.2) is 0 Å². The summed E-state index contributed by atoms with van der Waals surface area (Å²) >= 11 is 6.02. The molecule has 0 unspecified atom stereocenters. The van der Waals surface area contributed by atoms with Gasteiger partial charge in [0.05, 0.1) is 19.0 Å². The van der Waals surface area contributed by atoms with E-state index in [9.17, 15) is 0 Å². The third kappa shape index (κ3) is 4.80. The van der Waals surface area contributed by atoms with Crippen LogP contribution in [0.5, 0.6) is 0 Å². The van der Waals surface area contributed by atoms with Crippen molar-refractivity contribution < 1.29 is 4.74 Å². The Labute approximate surface area is 132 Å². The maximum absolute atomic E-state index is 6.02. The summed E-state index contributed by atoms with van der Waals surface area (Å²) < 4.78 is 5.62. The van der Waals surface area contributed by atoms with Crippen molar-refractivity contribution in [3.63, 3.8) is 0 Å². The van der Waals surface area contributed by atoms with Gasteiger partial charge in [0.1, 0.15) is 5.82 Å². The number of ether oxygens (including phenoxy) is 1. The van der Waals surface area contributed by atoms with Gasteiger partial charge in [0, 0.05) is 24.7 Å². The van der Waals surface area contributed by atoms with Crippen LogP contribution in [0.1, 0.15) is 38.4 Å². The summed E-state index contributed by atoms with van der Waals surface area (Å²) in [6.45, 7) is 8.35. The number of aryl methyl sites for hydroxylation is 1. The molecule has 0 atom stereocenters. The molecule has 0 spiro atoms. The van der Waals surface area contributed by atoms with Gasteiger partial charge in [-0.05, 0) is 51.6 Å². The summed E-state index contributed by atoms with van der Waals surface area (Å²) in [6, 6.07) is 0. The normalized spacial score (nSPS) is 14.3. The van der Waals surface area contributed by atoms with Crippen LogP contribution in [0.2, 0.25) is 5.28 Å². The zero-order valence-electron chi connectivity index (χ0n) is 13.4. The Balaban J connectivity index is 1.85. The van der Waals surface area contributed by atoms with Crippen LogP contribution in [0, 0.1) is 0 Å². The first kappa shape index (κ1) is 16.5. The second kappa shape index (κ2) is 6.90. The Morgan fingerprint density at radius 2 is 2.05 bits per heavy atom. The quantitative estimate of drug-likeness (QED) is 0.496. The van der Waals surface area contributed by atoms with Gasteiger partial charge in [-0.15, -0.1) is 0 Å². The van der Waals surface area contributed by atoms with Crippen molar-refractivity contribution in [2.75, 3.05) is 31.8 Å². The minimum absolute atomic E-state index is 0.0763. The maximum Gasteiger partial charge on any atom is 0.224 e. The molecule has 0 aliphatic heterocycles. The monoisotopic (exact) mass is 312 g/mol. The number of nitrogens with zero attached hydrogens (tertiary/aromatic N) is 3. The molecule has 0 saturated heterocycles. The second-order valence-electron chi connectivity index (χ2n) is 6.50. The summed E-state index contributed by atoms with van der Waals surface area (Å²) in [4.78, 5) is 10.8. The summed E-state index contributed by atoms with van der Waals surface area (Å²) in [5.41, 5.74) is 2.43. The third-order valence-corrected chi connectivity index (χ3v) is 3.69. The molecule has 1 aliphatic carbocycles. The van der Waals surface area contributed by atoms with Gasteiger partial charge in [-0.25, -0.2) is 9.97 Å². The predicted molar refractivity (Wildman–Crippen MR) is 86.0 cm³/mol. The Morgan fingerprint density at radius 3 is 2.76 bits per heavy atom. The highest BCUT2D eigenvalue weighted by molar-refractivity contribution is 6.28. The van der Waals surface area contributed by atoms with Crippen molar-refractivity contribution in [1.29, 1.82) is 0 Å². The van der Waals surface area contributed by atoms with Crippen molar-refractivity contribution in [3.8, 4) is 0 Å². The lowest BCUT2D eigenvalue weighted by Crippen LogP contribution is -2.38. The number of nitrogens with one attached hydrogen (secondary N) is 1. The van der Waals surface area contributed by atoms with Gasteiger partial charge in [-0.1, -0.05) is 0 Å². The molecular weight excluding hydrogens is 288 g/mol. The number of likely N-dealkylation sites (N-methyl/N-ethyl adjacent to an activating group) is 1. The van der Waals surface area contributed by atoms with Crippen LogP contribution in [0.3, 0.4) is 0 Å². The highest BCUT2D eigenvalue weighted by Gasteiger charge is 2.21. The predicted octanol–water partition coefficient (Wildman–Crippen LogP) is 2.42. The van der Waals surface area contributed by atoms with E-state index < -0.39 is 0 Å². The first-order valence-corrected chi connectivity index (χ1v) is 7.84. The van der Waals surface area contributed by atoms with E-state index in [4.69, 9.17) is 16.3 Å². The van der Waals surface area contributed by atoms with Gasteiger partial charge in [0.15, 0.2) is 0 Å². The van der Waals surface area contributed by atoms with Crippen LogP contribution in [-0.2, 0) is 17.6 Å². The molecule has 1 N–H and O–H groups in total. The zero-order chi connectivity index (χ0) is 15.5. The molecule has 0 bridgehead atoms. The van der Waals surface area contributed by atoms with Crippen LogP contribution in [0.25, 0.3) is 0 Å². The number of rotatable bonds is 6. The SMILES string of the molecule is CN(CCOCNC(C)(C)C)c1nc(Cl)nc2c1CCC2. The molecule has 2 rings (SSSR count). The summed E-state index contributed by atoms with van der Waals surface area (Å²) in [5, 5.41) is 3.64. The van der Waals surface area contributed by atoms with Gasteiger partial charge in [-0.2, -0.15) is 0 Å². The zero-order valence-corrected chi connectivity index (χ0v) is 14.1. The minimum atomic E-state index is 0.0763. The highest BCUT2D eigenvalue weighted by Crippen LogP contribution is 2.29. The molecule has 0 fully saturated rings. The number of fused-ring (bicyclic) bond motifs is 1. The molecule has 5 nitrogen and oxygen atoms in total. The Morgan fingerprint density at radius 1 is 1.29 bits per heavy atom. The van der Waals surface area contributed by atoms with Gasteiger partial charge < -0.3 is 9.64 Å². The molecule has 1 heterocycles. The standard InChI is InChI=1S/C15H25ClN4O/c1-15(2,3)17-10-21-9-8-20(4)13-11-6-5-7-12(11)18-14(16)19-13/h17H,5-10H2,1-4H3.